The Balaban J connectivity index is 2.00. The summed E-state index contributed by atoms with van der Waals surface area (Å²) in [6, 6.07) is 6.76. The van der Waals surface area contributed by atoms with Gasteiger partial charge in [-0.15, -0.1) is 11.3 Å². The quantitative estimate of drug-likeness (QED) is 0.885. The molecule has 1 unspecified atom stereocenters. The highest BCUT2D eigenvalue weighted by atomic mass is 32.2. The molecule has 0 bridgehead atoms. The maximum Gasteiger partial charge on any atom is 0.411 e. The predicted molar refractivity (Wildman–Crippen MR) is 89.7 cm³/mol. The van der Waals surface area contributed by atoms with Crippen LogP contribution >= 0.6 is 11.3 Å². The van der Waals surface area contributed by atoms with Gasteiger partial charge in [-0.3, -0.25) is 10.0 Å². The molecule has 6 nitrogen and oxygen atoms in total. The van der Waals surface area contributed by atoms with Crippen LogP contribution in [0.5, 0.6) is 0 Å². The minimum atomic E-state index is -3.61. The highest BCUT2D eigenvalue weighted by Crippen LogP contribution is 2.34. The number of hydrogen-bond acceptors (Lipinski definition) is 5. The number of fused-ring (bicyclic) bond motifs is 1. The lowest BCUT2D eigenvalue weighted by Gasteiger charge is -2.16. The molecule has 1 aliphatic heterocycles. The van der Waals surface area contributed by atoms with Crippen molar-refractivity contribution in [1.29, 1.82) is 0 Å². The summed E-state index contributed by atoms with van der Waals surface area (Å²) in [5, 5.41) is 4.39. The summed E-state index contributed by atoms with van der Waals surface area (Å²) in [6.07, 6.45) is -0.498. The Labute approximate surface area is 138 Å². The van der Waals surface area contributed by atoms with Gasteiger partial charge < -0.3 is 4.74 Å². The van der Waals surface area contributed by atoms with Crippen LogP contribution in [0.1, 0.15) is 24.0 Å². The lowest BCUT2D eigenvalue weighted by molar-refractivity contribution is 0.158. The summed E-state index contributed by atoms with van der Waals surface area (Å²) in [6.45, 7) is 3.96. The SMILES string of the molecule is Cc1cc2c(cc1NS(=O)(=O)c1cccs1)C(C)COC(=O)N2. The average molecular weight is 352 g/mol. The molecule has 0 saturated heterocycles. The van der Waals surface area contributed by atoms with Gasteiger partial charge in [0.25, 0.3) is 10.0 Å². The van der Waals surface area contributed by atoms with E-state index >= 15 is 0 Å². The fourth-order valence-electron chi connectivity index (χ4n) is 2.40. The molecule has 2 N–H and O–H groups in total. The molecule has 0 aliphatic carbocycles. The van der Waals surface area contributed by atoms with Crippen LogP contribution in [0.4, 0.5) is 16.2 Å². The van der Waals surface area contributed by atoms with Crippen LogP contribution in [-0.2, 0) is 14.8 Å². The zero-order chi connectivity index (χ0) is 16.6. The normalized spacial score (nSPS) is 17.7. The Kier molecular flexibility index (Phi) is 4.03. The molecule has 3 rings (SSSR count). The molecule has 1 aliphatic rings. The third-order valence-electron chi connectivity index (χ3n) is 3.63. The fourth-order valence-corrected chi connectivity index (χ4v) is 4.51. The number of carbonyl (C=O) groups excluding carboxylic acids is 1. The summed E-state index contributed by atoms with van der Waals surface area (Å²) in [7, 11) is -3.61. The summed E-state index contributed by atoms with van der Waals surface area (Å²) in [5.74, 6) is -0.0328. The summed E-state index contributed by atoms with van der Waals surface area (Å²) in [5.41, 5.74) is 2.71. The van der Waals surface area contributed by atoms with E-state index in [-0.39, 0.29) is 16.7 Å². The van der Waals surface area contributed by atoms with Crippen molar-refractivity contribution in [2.75, 3.05) is 16.6 Å². The largest absolute Gasteiger partial charge is 0.449 e. The van der Waals surface area contributed by atoms with Crippen molar-refractivity contribution in [2.45, 2.75) is 24.0 Å². The molecular weight excluding hydrogens is 336 g/mol. The van der Waals surface area contributed by atoms with Crippen LogP contribution in [0.15, 0.2) is 33.9 Å². The number of benzene rings is 1. The smallest absolute Gasteiger partial charge is 0.411 e. The van der Waals surface area contributed by atoms with Gasteiger partial charge in [0.1, 0.15) is 4.21 Å². The van der Waals surface area contributed by atoms with Crippen LogP contribution in [0.2, 0.25) is 0 Å². The standard InChI is InChI=1S/C15H16N2O4S2/c1-9-6-13-11(10(2)8-21-15(18)16-13)7-12(9)17-23(19,20)14-4-3-5-22-14/h3-7,10,17H,8H2,1-2H3,(H,16,18). The zero-order valence-corrected chi connectivity index (χ0v) is 14.3. The van der Waals surface area contributed by atoms with Crippen LogP contribution in [-0.4, -0.2) is 21.1 Å². The van der Waals surface area contributed by atoms with Gasteiger partial charge in [-0.2, -0.15) is 0 Å². The Morgan fingerprint density at radius 1 is 1.39 bits per heavy atom. The van der Waals surface area contributed by atoms with Gasteiger partial charge in [0, 0.05) is 11.6 Å². The van der Waals surface area contributed by atoms with Crippen molar-refractivity contribution < 1.29 is 17.9 Å². The van der Waals surface area contributed by atoms with Crippen molar-refractivity contribution in [3.63, 3.8) is 0 Å². The van der Waals surface area contributed by atoms with E-state index < -0.39 is 16.1 Å². The average Bonchev–Trinajstić information content (AvgIpc) is 2.98. The number of thiophene rings is 1. The third-order valence-corrected chi connectivity index (χ3v) is 6.40. The summed E-state index contributed by atoms with van der Waals surface area (Å²) in [4.78, 5) is 11.5. The van der Waals surface area contributed by atoms with Crippen molar-refractivity contribution in [1.82, 2.24) is 0 Å². The molecule has 122 valence electrons. The number of hydrogen-bond donors (Lipinski definition) is 2. The Hall–Kier alpha value is -2.06. The lowest BCUT2D eigenvalue weighted by Crippen LogP contribution is -2.14. The van der Waals surface area contributed by atoms with Crippen molar-refractivity contribution in [2.24, 2.45) is 0 Å². The second kappa shape index (κ2) is 5.86. The van der Waals surface area contributed by atoms with E-state index in [4.69, 9.17) is 4.74 Å². The Morgan fingerprint density at radius 3 is 2.87 bits per heavy atom. The fraction of sp³-hybridized carbons (Fsp3) is 0.267. The molecule has 1 aromatic heterocycles. The van der Waals surface area contributed by atoms with Crippen molar-refractivity contribution in [3.05, 3.63) is 40.8 Å². The summed E-state index contributed by atoms with van der Waals surface area (Å²) < 4.78 is 32.7. The summed E-state index contributed by atoms with van der Waals surface area (Å²) >= 11 is 1.16. The van der Waals surface area contributed by atoms with E-state index in [2.05, 4.69) is 10.0 Å². The second-order valence-electron chi connectivity index (χ2n) is 5.42. The lowest BCUT2D eigenvalue weighted by atomic mass is 9.97. The molecule has 0 fully saturated rings. The number of aryl methyl sites for hydroxylation is 1. The maximum atomic E-state index is 12.4. The molecule has 0 radical (unpaired) electrons. The first kappa shape index (κ1) is 15.8. The van der Waals surface area contributed by atoms with Gasteiger partial charge in [0.2, 0.25) is 0 Å². The first-order chi connectivity index (χ1) is 10.9. The van der Waals surface area contributed by atoms with Gasteiger partial charge in [0.05, 0.1) is 12.3 Å². The van der Waals surface area contributed by atoms with Gasteiger partial charge in [-0.05, 0) is 41.6 Å². The number of cyclic esters (lactones) is 1. The molecule has 2 aromatic rings. The minimum absolute atomic E-state index is 0.0328. The highest BCUT2D eigenvalue weighted by molar-refractivity contribution is 7.94. The number of carbonyl (C=O) groups is 1. The zero-order valence-electron chi connectivity index (χ0n) is 12.6. The van der Waals surface area contributed by atoms with Crippen molar-refractivity contribution in [3.8, 4) is 0 Å². The number of anilines is 2. The first-order valence-corrected chi connectivity index (χ1v) is 9.38. The van der Waals surface area contributed by atoms with Gasteiger partial charge in [0.15, 0.2) is 0 Å². The van der Waals surface area contributed by atoms with E-state index in [1.807, 2.05) is 6.92 Å². The van der Waals surface area contributed by atoms with Gasteiger partial charge >= 0.3 is 6.09 Å². The van der Waals surface area contributed by atoms with E-state index in [9.17, 15) is 13.2 Å². The monoisotopic (exact) mass is 352 g/mol. The first-order valence-electron chi connectivity index (χ1n) is 7.01. The molecule has 23 heavy (non-hydrogen) atoms. The van der Waals surface area contributed by atoms with Crippen LogP contribution in [0.3, 0.4) is 0 Å². The topological polar surface area (TPSA) is 84.5 Å². The Morgan fingerprint density at radius 2 is 2.17 bits per heavy atom. The van der Waals surface area contributed by atoms with E-state index in [1.165, 1.54) is 0 Å². The maximum absolute atomic E-state index is 12.4. The molecule has 1 amide bonds. The van der Waals surface area contributed by atoms with Crippen molar-refractivity contribution >= 4 is 38.8 Å². The van der Waals surface area contributed by atoms with E-state index in [0.717, 1.165) is 22.5 Å². The van der Waals surface area contributed by atoms with Gasteiger partial charge in [-0.25, -0.2) is 13.2 Å². The molecule has 2 heterocycles. The molecule has 1 atom stereocenters. The molecular formula is C15H16N2O4S2. The minimum Gasteiger partial charge on any atom is -0.449 e. The van der Waals surface area contributed by atoms with Crippen LogP contribution in [0, 0.1) is 6.92 Å². The molecule has 1 aromatic carbocycles. The third kappa shape index (κ3) is 3.18. The number of nitrogens with one attached hydrogen (secondary N) is 2. The molecule has 0 saturated carbocycles. The number of amides is 1. The number of rotatable bonds is 3. The molecule has 8 heteroatoms. The van der Waals surface area contributed by atoms with E-state index in [1.54, 1.807) is 36.6 Å². The van der Waals surface area contributed by atoms with Gasteiger partial charge in [-0.1, -0.05) is 13.0 Å². The van der Waals surface area contributed by atoms with E-state index in [0.29, 0.717) is 11.4 Å². The number of sulfonamides is 1. The Bertz CT molecular complexity index is 845. The number of ether oxygens (including phenoxy) is 1. The molecule has 0 spiro atoms. The van der Waals surface area contributed by atoms with Crippen LogP contribution < -0.4 is 10.0 Å². The van der Waals surface area contributed by atoms with Crippen LogP contribution in [0.25, 0.3) is 0 Å². The highest BCUT2D eigenvalue weighted by Gasteiger charge is 2.23. The second-order valence-corrected chi connectivity index (χ2v) is 8.27. The predicted octanol–water partition coefficient (Wildman–Crippen LogP) is 3.52.